The quantitative estimate of drug-likeness (QED) is 0.349. The van der Waals surface area contributed by atoms with Crippen molar-refractivity contribution in [3.8, 4) is 28.4 Å². The van der Waals surface area contributed by atoms with E-state index in [0.29, 0.717) is 39.3 Å². The molecule has 0 saturated heterocycles. The maximum absolute atomic E-state index is 12.7. The van der Waals surface area contributed by atoms with Crippen LogP contribution in [0.2, 0.25) is 0 Å². The monoisotopic (exact) mass is 510 g/mol. The number of carboxylic acids is 1. The number of benzene rings is 3. The van der Waals surface area contributed by atoms with Gasteiger partial charge in [0.05, 0.1) is 19.6 Å². The molecule has 1 N–H and O–H groups in total. The van der Waals surface area contributed by atoms with Crippen molar-refractivity contribution in [2.24, 2.45) is 0 Å². The summed E-state index contributed by atoms with van der Waals surface area (Å²) in [6.07, 6.45) is 0. The number of hydrogen-bond acceptors (Lipinski definition) is 6. The highest BCUT2D eigenvalue weighted by molar-refractivity contribution is 9.10. The highest BCUT2D eigenvalue weighted by atomic mass is 79.9. The van der Waals surface area contributed by atoms with Gasteiger partial charge in [-0.2, -0.15) is 0 Å². The zero-order chi connectivity index (χ0) is 23.5. The second-order valence-electron chi connectivity index (χ2n) is 7.08. The maximum atomic E-state index is 12.7. The Morgan fingerprint density at radius 2 is 1.64 bits per heavy atom. The summed E-state index contributed by atoms with van der Waals surface area (Å²) in [5, 5.41) is 10.4. The first kappa shape index (κ1) is 22.4. The van der Waals surface area contributed by atoms with Gasteiger partial charge in [-0.1, -0.05) is 30.3 Å². The number of carboxylic acid groups (broad SMARTS) is 1. The third-order valence-electron chi connectivity index (χ3n) is 5.08. The molecular weight excluding hydrogens is 492 g/mol. The first-order valence-corrected chi connectivity index (χ1v) is 10.6. The SMILES string of the molecule is COc1cc(-c2c(C(=O)O)oc(=O)c3cc(OCc4ccccc4)ccc23)cc(OC)c1Br. The summed E-state index contributed by atoms with van der Waals surface area (Å²) >= 11 is 3.41. The summed E-state index contributed by atoms with van der Waals surface area (Å²) < 4.78 is 22.4. The zero-order valence-corrected chi connectivity index (χ0v) is 19.3. The molecule has 1 aromatic heterocycles. The first-order valence-electron chi connectivity index (χ1n) is 9.85. The van der Waals surface area contributed by atoms with E-state index in [0.717, 1.165) is 5.56 Å². The lowest BCUT2D eigenvalue weighted by Crippen LogP contribution is -2.10. The average Bonchev–Trinajstić information content (AvgIpc) is 2.83. The van der Waals surface area contributed by atoms with Gasteiger partial charge in [0.25, 0.3) is 0 Å². The van der Waals surface area contributed by atoms with Crippen molar-refractivity contribution in [2.45, 2.75) is 6.61 Å². The van der Waals surface area contributed by atoms with Crippen molar-refractivity contribution in [3.05, 3.63) is 86.9 Å². The van der Waals surface area contributed by atoms with Gasteiger partial charge in [0.15, 0.2) is 0 Å². The first-order chi connectivity index (χ1) is 15.9. The predicted molar refractivity (Wildman–Crippen MR) is 126 cm³/mol. The van der Waals surface area contributed by atoms with Crippen molar-refractivity contribution < 1.29 is 28.5 Å². The van der Waals surface area contributed by atoms with Crippen LogP contribution in [0.3, 0.4) is 0 Å². The summed E-state index contributed by atoms with van der Waals surface area (Å²) in [4.78, 5) is 24.6. The summed E-state index contributed by atoms with van der Waals surface area (Å²) in [6, 6.07) is 17.8. The van der Waals surface area contributed by atoms with Crippen LogP contribution in [0.4, 0.5) is 0 Å². The van der Waals surface area contributed by atoms with Gasteiger partial charge >= 0.3 is 11.6 Å². The largest absolute Gasteiger partial charge is 0.495 e. The van der Waals surface area contributed by atoms with E-state index in [2.05, 4.69) is 15.9 Å². The van der Waals surface area contributed by atoms with Crippen molar-refractivity contribution in [1.29, 1.82) is 0 Å². The van der Waals surface area contributed by atoms with E-state index in [4.69, 9.17) is 18.6 Å². The second-order valence-corrected chi connectivity index (χ2v) is 7.87. The van der Waals surface area contributed by atoms with E-state index in [1.807, 2.05) is 30.3 Å². The van der Waals surface area contributed by atoms with Crippen LogP contribution in [0.25, 0.3) is 21.9 Å². The minimum atomic E-state index is -1.37. The number of halogens is 1. The molecule has 1 heterocycles. The molecular formula is C25H19BrO7. The molecule has 0 aliphatic carbocycles. The van der Waals surface area contributed by atoms with Gasteiger partial charge in [-0.15, -0.1) is 0 Å². The van der Waals surface area contributed by atoms with Crippen LogP contribution in [0.1, 0.15) is 16.1 Å². The highest BCUT2D eigenvalue weighted by Gasteiger charge is 2.23. The lowest BCUT2D eigenvalue weighted by Gasteiger charge is -2.15. The number of methoxy groups -OCH3 is 2. The maximum Gasteiger partial charge on any atom is 0.372 e. The molecule has 0 bridgehead atoms. The standard InChI is InChI=1S/C25H19BrO7/c1-30-19-10-15(11-20(31-2)22(19)26)21-17-9-8-16(32-13-14-6-4-3-5-7-14)12-18(17)25(29)33-23(21)24(27)28/h3-12H,13H2,1-2H3,(H,27,28). The van der Waals surface area contributed by atoms with Crippen LogP contribution in [0.15, 0.2) is 74.3 Å². The highest BCUT2D eigenvalue weighted by Crippen LogP contribution is 2.41. The van der Waals surface area contributed by atoms with Crippen molar-refractivity contribution in [3.63, 3.8) is 0 Å². The number of ether oxygens (including phenoxy) is 3. The molecule has 0 spiro atoms. The molecule has 168 valence electrons. The van der Waals surface area contributed by atoms with Crippen LogP contribution >= 0.6 is 15.9 Å². The third-order valence-corrected chi connectivity index (χ3v) is 5.86. The molecule has 0 amide bonds. The molecule has 0 fully saturated rings. The Morgan fingerprint density at radius 1 is 0.970 bits per heavy atom. The summed E-state index contributed by atoms with van der Waals surface area (Å²) in [5.41, 5.74) is 0.889. The Hall–Kier alpha value is -3.78. The van der Waals surface area contributed by atoms with Gasteiger partial charge in [-0.25, -0.2) is 9.59 Å². The molecule has 4 aromatic rings. The number of hydrogen-bond donors (Lipinski definition) is 1. The summed E-state index contributed by atoms with van der Waals surface area (Å²) in [7, 11) is 2.97. The normalized spacial score (nSPS) is 10.8. The van der Waals surface area contributed by atoms with Gasteiger partial charge in [0.1, 0.15) is 28.3 Å². The molecule has 8 heteroatoms. The van der Waals surface area contributed by atoms with E-state index < -0.39 is 17.4 Å². The third kappa shape index (κ3) is 4.42. The van der Waals surface area contributed by atoms with Gasteiger partial charge in [-0.05, 0) is 57.4 Å². The van der Waals surface area contributed by atoms with Gasteiger partial charge in [-0.3, -0.25) is 0 Å². The zero-order valence-electron chi connectivity index (χ0n) is 17.8. The van der Waals surface area contributed by atoms with Crippen molar-refractivity contribution in [2.75, 3.05) is 14.2 Å². The van der Waals surface area contributed by atoms with Gasteiger partial charge in [0.2, 0.25) is 5.76 Å². The van der Waals surface area contributed by atoms with Crippen LogP contribution in [-0.4, -0.2) is 25.3 Å². The molecule has 4 rings (SSSR count). The van der Waals surface area contributed by atoms with Gasteiger partial charge < -0.3 is 23.7 Å². The molecule has 3 aromatic carbocycles. The van der Waals surface area contributed by atoms with E-state index in [9.17, 15) is 14.7 Å². The molecule has 0 radical (unpaired) electrons. The van der Waals surface area contributed by atoms with E-state index in [1.54, 1.807) is 30.3 Å². The molecule has 0 atom stereocenters. The minimum Gasteiger partial charge on any atom is -0.495 e. The minimum absolute atomic E-state index is 0.196. The molecule has 0 aliphatic heterocycles. The summed E-state index contributed by atoms with van der Waals surface area (Å²) in [6.45, 7) is 0.318. The van der Waals surface area contributed by atoms with Crippen LogP contribution in [-0.2, 0) is 6.61 Å². The van der Waals surface area contributed by atoms with Crippen LogP contribution < -0.4 is 19.8 Å². The Morgan fingerprint density at radius 3 is 2.24 bits per heavy atom. The van der Waals surface area contributed by atoms with Crippen LogP contribution in [0, 0.1) is 0 Å². The van der Waals surface area contributed by atoms with Gasteiger partial charge in [0, 0.05) is 10.9 Å². The predicted octanol–water partition coefficient (Wildman–Crippen LogP) is 5.52. The fourth-order valence-corrected chi connectivity index (χ4v) is 4.07. The number of aromatic carboxylic acids is 1. The van der Waals surface area contributed by atoms with E-state index in [1.165, 1.54) is 14.2 Å². The summed E-state index contributed by atoms with van der Waals surface area (Å²) in [5.74, 6) is -0.518. The van der Waals surface area contributed by atoms with Crippen molar-refractivity contribution in [1.82, 2.24) is 0 Å². The molecule has 0 unspecified atom stereocenters. The van der Waals surface area contributed by atoms with Crippen molar-refractivity contribution >= 4 is 32.7 Å². The smallest absolute Gasteiger partial charge is 0.372 e. The Bertz CT molecular complexity index is 1370. The Labute approximate surface area is 197 Å². The molecule has 0 aliphatic rings. The molecule has 7 nitrogen and oxygen atoms in total. The fourth-order valence-electron chi connectivity index (χ4n) is 3.51. The number of carbonyl (C=O) groups is 1. The lowest BCUT2D eigenvalue weighted by molar-refractivity contribution is 0.0659. The second kappa shape index (κ2) is 9.38. The Kier molecular flexibility index (Phi) is 6.37. The molecule has 0 saturated carbocycles. The Balaban J connectivity index is 1.88. The topological polar surface area (TPSA) is 95.2 Å². The molecule has 33 heavy (non-hydrogen) atoms. The average molecular weight is 511 g/mol. The van der Waals surface area contributed by atoms with Crippen LogP contribution in [0.5, 0.6) is 17.2 Å². The lowest BCUT2D eigenvalue weighted by atomic mass is 9.97. The van der Waals surface area contributed by atoms with E-state index in [-0.39, 0.29) is 10.9 Å². The van der Waals surface area contributed by atoms with E-state index >= 15 is 0 Å². The number of fused-ring (bicyclic) bond motifs is 1. The fraction of sp³-hybridized carbons (Fsp3) is 0.120. The number of rotatable bonds is 7.